The van der Waals surface area contributed by atoms with Crippen molar-refractivity contribution >= 4 is 11.9 Å². The molecule has 0 atom stereocenters. The van der Waals surface area contributed by atoms with Crippen molar-refractivity contribution in [2.24, 2.45) is 5.41 Å². The minimum absolute atomic E-state index is 0.0468. The second-order valence-corrected chi connectivity index (χ2v) is 4.88. The normalized spacial score (nSPS) is 18.0. The molecule has 1 N–H and O–H groups in total. The lowest BCUT2D eigenvalue weighted by Gasteiger charge is -2.30. The Balaban J connectivity index is 2.67. The van der Waals surface area contributed by atoms with E-state index in [9.17, 15) is 9.59 Å². The number of rotatable bonds is 6. The number of amides is 1. The lowest BCUT2D eigenvalue weighted by molar-refractivity contribution is -0.149. The van der Waals surface area contributed by atoms with Crippen molar-refractivity contribution in [2.75, 3.05) is 26.8 Å². The highest BCUT2D eigenvalue weighted by Crippen LogP contribution is 2.39. The first kappa shape index (κ1) is 14.0. The summed E-state index contributed by atoms with van der Waals surface area (Å²) in [6.45, 7) is 2.41. The summed E-state index contributed by atoms with van der Waals surface area (Å²) in [6, 6.07) is 0. The second kappa shape index (κ2) is 6.00. The summed E-state index contributed by atoms with van der Waals surface area (Å²) in [5.74, 6) is -1.02. The molecule has 0 heterocycles. The Kier molecular flexibility index (Phi) is 4.93. The maximum atomic E-state index is 12.3. The number of methoxy groups -OCH3 is 1. The Bertz CT molecular complexity index is 284. The van der Waals surface area contributed by atoms with Crippen molar-refractivity contribution in [3.05, 3.63) is 0 Å². The third-order valence-electron chi connectivity index (χ3n) is 3.40. The first-order valence-electron chi connectivity index (χ1n) is 6.00. The van der Waals surface area contributed by atoms with Crippen LogP contribution in [-0.4, -0.2) is 48.7 Å². The molecule has 1 saturated carbocycles. The highest BCUT2D eigenvalue weighted by Gasteiger charge is 2.39. The molecule has 0 spiro atoms. The van der Waals surface area contributed by atoms with Gasteiger partial charge in [-0.2, -0.15) is 0 Å². The minimum atomic E-state index is -0.976. The fourth-order valence-corrected chi connectivity index (χ4v) is 2.37. The molecular weight excluding hydrogens is 222 g/mol. The van der Waals surface area contributed by atoms with Gasteiger partial charge in [-0.1, -0.05) is 19.8 Å². The molecule has 0 bridgehead atoms. The van der Waals surface area contributed by atoms with Crippen LogP contribution < -0.4 is 0 Å². The zero-order chi connectivity index (χ0) is 12.9. The predicted octanol–water partition coefficient (Wildman–Crippen LogP) is 1.13. The SMILES string of the molecule is COCCN(CC(=O)O)C(=O)C1(C)CCCC1. The Labute approximate surface area is 102 Å². The average Bonchev–Trinajstić information content (AvgIpc) is 2.71. The average molecular weight is 243 g/mol. The Morgan fingerprint density at radius 1 is 1.35 bits per heavy atom. The topological polar surface area (TPSA) is 66.8 Å². The lowest BCUT2D eigenvalue weighted by atomic mass is 9.87. The van der Waals surface area contributed by atoms with Crippen molar-refractivity contribution in [1.82, 2.24) is 4.90 Å². The van der Waals surface area contributed by atoms with Crippen LogP contribution in [0.5, 0.6) is 0 Å². The molecule has 1 amide bonds. The fraction of sp³-hybridized carbons (Fsp3) is 0.833. The van der Waals surface area contributed by atoms with Crippen LogP contribution >= 0.6 is 0 Å². The van der Waals surface area contributed by atoms with Crippen molar-refractivity contribution in [2.45, 2.75) is 32.6 Å². The number of nitrogens with zero attached hydrogens (tertiary/aromatic N) is 1. The summed E-state index contributed by atoms with van der Waals surface area (Å²) < 4.78 is 4.91. The first-order valence-corrected chi connectivity index (χ1v) is 6.00. The summed E-state index contributed by atoms with van der Waals surface area (Å²) in [5.41, 5.74) is -0.372. The number of ether oxygens (including phenoxy) is 1. The number of carbonyl (C=O) groups is 2. The number of hydrogen-bond acceptors (Lipinski definition) is 3. The van der Waals surface area contributed by atoms with Crippen LogP contribution in [0.1, 0.15) is 32.6 Å². The number of aliphatic carboxylic acids is 1. The van der Waals surface area contributed by atoms with Gasteiger partial charge in [0, 0.05) is 19.1 Å². The zero-order valence-corrected chi connectivity index (χ0v) is 10.6. The maximum Gasteiger partial charge on any atom is 0.323 e. The van der Waals surface area contributed by atoms with Gasteiger partial charge in [-0.25, -0.2) is 0 Å². The van der Waals surface area contributed by atoms with Crippen LogP contribution in [-0.2, 0) is 14.3 Å². The summed E-state index contributed by atoms with van der Waals surface area (Å²) in [4.78, 5) is 24.5. The van der Waals surface area contributed by atoms with Gasteiger partial charge in [0.1, 0.15) is 6.54 Å². The lowest BCUT2D eigenvalue weighted by Crippen LogP contribution is -2.45. The first-order chi connectivity index (χ1) is 7.99. The molecule has 0 radical (unpaired) electrons. The van der Waals surface area contributed by atoms with Crippen molar-refractivity contribution < 1.29 is 19.4 Å². The molecule has 17 heavy (non-hydrogen) atoms. The highest BCUT2D eigenvalue weighted by atomic mass is 16.5. The van der Waals surface area contributed by atoms with E-state index in [0.29, 0.717) is 13.2 Å². The largest absolute Gasteiger partial charge is 0.480 e. The van der Waals surface area contributed by atoms with Gasteiger partial charge < -0.3 is 14.7 Å². The molecule has 5 nitrogen and oxygen atoms in total. The number of carbonyl (C=O) groups excluding carboxylic acids is 1. The molecule has 0 aromatic carbocycles. The third kappa shape index (κ3) is 3.70. The van der Waals surface area contributed by atoms with E-state index in [0.717, 1.165) is 25.7 Å². The van der Waals surface area contributed by atoms with Crippen LogP contribution in [0.2, 0.25) is 0 Å². The molecule has 5 heteroatoms. The summed E-state index contributed by atoms with van der Waals surface area (Å²) >= 11 is 0. The quantitative estimate of drug-likeness (QED) is 0.759. The van der Waals surface area contributed by atoms with Crippen molar-refractivity contribution in [3.8, 4) is 0 Å². The van der Waals surface area contributed by atoms with Crippen LogP contribution in [0.25, 0.3) is 0 Å². The number of hydrogen-bond donors (Lipinski definition) is 1. The van der Waals surface area contributed by atoms with Gasteiger partial charge in [-0.3, -0.25) is 9.59 Å². The van der Waals surface area contributed by atoms with E-state index in [1.807, 2.05) is 6.92 Å². The molecule has 98 valence electrons. The highest BCUT2D eigenvalue weighted by molar-refractivity contribution is 5.85. The molecule has 1 aliphatic carbocycles. The van der Waals surface area contributed by atoms with E-state index in [1.54, 1.807) is 7.11 Å². The summed E-state index contributed by atoms with van der Waals surface area (Å²) in [5, 5.41) is 8.82. The second-order valence-electron chi connectivity index (χ2n) is 4.88. The zero-order valence-electron chi connectivity index (χ0n) is 10.6. The van der Waals surface area contributed by atoms with Gasteiger partial charge in [0.15, 0.2) is 0 Å². The molecule has 0 aromatic rings. The molecule has 0 unspecified atom stereocenters. The van der Waals surface area contributed by atoms with Gasteiger partial charge in [0.2, 0.25) is 5.91 Å². The Morgan fingerprint density at radius 2 is 1.94 bits per heavy atom. The van der Waals surface area contributed by atoms with Crippen molar-refractivity contribution in [1.29, 1.82) is 0 Å². The van der Waals surface area contributed by atoms with Crippen LogP contribution in [0.3, 0.4) is 0 Å². The minimum Gasteiger partial charge on any atom is -0.480 e. The molecular formula is C12H21NO4. The van der Waals surface area contributed by atoms with Crippen LogP contribution in [0.15, 0.2) is 0 Å². The maximum absolute atomic E-state index is 12.3. The molecule has 1 fully saturated rings. The van der Waals surface area contributed by atoms with Gasteiger partial charge in [0.05, 0.1) is 6.61 Å². The van der Waals surface area contributed by atoms with Gasteiger partial charge in [-0.15, -0.1) is 0 Å². The predicted molar refractivity (Wildman–Crippen MR) is 62.7 cm³/mol. The number of carboxylic acids is 1. The van der Waals surface area contributed by atoms with Crippen LogP contribution in [0.4, 0.5) is 0 Å². The summed E-state index contributed by atoms with van der Waals surface area (Å²) in [7, 11) is 1.54. The molecule has 1 aliphatic rings. The van der Waals surface area contributed by atoms with E-state index >= 15 is 0 Å². The van der Waals surface area contributed by atoms with Crippen molar-refractivity contribution in [3.63, 3.8) is 0 Å². The summed E-state index contributed by atoms with van der Waals surface area (Å²) in [6.07, 6.45) is 3.81. The smallest absolute Gasteiger partial charge is 0.323 e. The molecule has 0 saturated heterocycles. The molecule has 1 rings (SSSR count). The van der Waals surface area contributed by atoms with E-state index in [1.165, 1.54) is 4.90 Å². The molecule has 0 aromatic heterocycles. The van der Waals surface area contributed by atoms with Crippen LogP contribution in [0, 0.1) is 5.41 Å². The van der Waals surface area contributed by atoms with Gasteiger partial charge >= 0.3 is 5.97 Å². The fourth-order valence-electron chi connectivity index (χ4n) is 2.37. The Morgan fingerprint density at radius 3 is 2.41 bits per heavy atom. The third-order valence-corrected chi connectivity index (χ3v) is 3.40. The number of carboxylic acid groups (broad SMARTS) is 1. The van der Waals surface area contributed by atoms with E-state index in [2.05, 4.69) is 0 Å². The van der Waals surface area contributed by atoms with Gasteiger partial charge in [0.25, 0.3) is 0 Å². The van der Waals surface area contributed by atoms with E-state index in [-0.39, 0.29) is 17.9 Å². The van der Waals surface area contributed by atoms with E-state index in [4.69, 9.17) is 9.84 Å². The Hall–Kier alpha value is -1.10. The molecule has 0 aliphatic heterocycles. The van der Waals surface area contributed by atoms with E-state index < -0.39 is 5.97 Å². The monoisotopic (exact) mass is 243 g/mol. The standard InChI is InChI=1S/C12H21NO4/c1-12(5-3-4-6-12)11(16)13(7-8-17-2)9-10(14)15/h3-9H2,1-2H3,(H,14,15). The van der Waals surface area contributed by atoms with Gasteiger partial charge in [-0.05, 0) is 12.8 Å².